The first-order chi connectivity index (χ1) is 10.8. The van der Waals surface area contributed by atoms with Gasteiger partial charge in [-0.05, 0) is 30.5 Å². The van der Waals surface area contributed by atoms with Crippen LogP contribution in [0.15, 0.2) is 18.3 Å². The highest BCUT2D eigenvalue weighted by atomic mass is 32.2. The van der Waals surface area contributed by atoms with Gasteiger partial charge in [0.2, 0.25) is 15.9 Å². The highest BCUT2D eigenvalue weighted by Gasteiger charge is 2.34. The van der Waals surface area contributed by atoms with Crippen LogP contribution in [0.25, 0.3) is 0 Å². The van der Waals surface area contributed by atoms with Gasteiger partial charge in [-0.15, -0.1) is 0 Å². The molecule has 8 heteroatoms. The zero-order valence-electron chi connectivity index (χ0n) is 13.8. The summed E-state index contributed by atoms with van der Waals surface area (Å²) >= 11 is 0. The molecule has 0 spiro atoms. The quantitative estimate of drug-likeness (QED) is 0.848. The number of sulfonamides is 1. The molecule has 7 nitrogen and oxygen atoms in total. The zero-order chi connectivity index (χ0) is 17.0. The molecule has 0 bridgehead atoms. The van der Waals surface area contributed by atoms with Gasteiger partial charge < -0.3 is 10.2 Å². The highest BCUT2D eigenvalue weighted by molar-refractivity contribution is 7.88. The molecule has 1 N–H and O–H groups in total. The van der Waals surface area contributed by atoms with E-state index in [4.69, 9.17) is 0 Å². The van der Waals surface area contributed by atoms with Crippen LogP contribution in [0.4, 0.5) is 5.82 Å². The Morgan fingerprint density at radius 1 is 1.43 bits per heavy atom. The topological polar surface area (TPSA) is 82.6 Å². The number of nitrogens with zero attached hydrogens (tertiary/aromatic N) is 3. The second kappa shape index (κ2) is 7.27. The minimum atomic E-state index is -3.37. The lowest BCUT2D eigenvalue weighted by atomic mass is 10.0. The van der Waals surface area contributed by atoms with Crippen molar-refractivity contribution >= 4 is 21.7 Å². The van der Waals surface area contributed by atoms with E-state index in [2.05, 4.69) is 10.3 Å². The largest absolute Gasteiger partial charge is 0.363 e. The van der Waals surface area contributed by atoms with Crippen molar-refractivity contribution in [1.29, 1.82) is 0 Å². The maximum absolute atomic E-state index is 12.4. The molecule has 1 atom stereocenters. The maximum atomic E-state index is 12.4. The Morgan fingerprint density at radius 3 is 2.83 bits per heavy atom. The van der Waals surface area contributed by atoms with Crippen molar-refractivity contribution in [2.75, 3.05) is 31.8 Å². The first-order valence-electron chi connectivity index (χ1n) is 7.66. The molecule has 128 valence electrons. The van der Waals surface area contributed by atoms with E-state index in [0.29, 0.717) is 19.5 Å². The van der Waals surface area contributed by atoms with Crippen LogP contribution in [0, 0.1) is 0 Å². The summed E-state index contributed by atoms with van der Waals surface area (Å²) in [6, 6.07) is 3.13. The van der Waals surface area contributed by atoms with Gasteiger partial charge in [-0.3, -0.25) is 4.79 Å². The number of aromatic nitrogens is 1. The minimum Gasteiger partial charge on any atom is -0.363 e. The predicted molar refractivity (Wildman–Crippen MR) is 89.6 cm³/mol. The third-order valence-electron chi connectivity index (χ3n) is 3.92. The Balaban J connectivity index is 2.02. The Morgan fingerprint density at radius 2 is 2.17 bits per heavy atom. The predicted octanol–water partition coefficient (Wildman–Crippen LogP) is 0.578. The van der Waals surface area contributed by atoms with E-state index in [9.17, 15) is 13.2 Å². The minimum absolute atomic E-state index is 0.238. The average Bonchev–Trinajstić information content (AvgIpc) is 2.52. The number of hydrogen-bond donors (Lipinski definition) is 1. The summed E-state index contributed by atoms with van der Waals surface area (Å²) < 4.78 is 25.0. The van der Waals surface area contributed by atoms with Gasteiger partial charge in [-0.2, -0.15) is 4.31 Å². The molecule has 1 unspecified atom stereocenters. The van der Waals surface area contributed by atoms with Gasteiger partial charge in [0, 0.05) is 33.4 Å². The van der Waals surface area contributed by atoms with Gasteiger partial charge in [0.15, 0.2) is 0 Å². The van der Waals surface area contributed by atoms with E-state index in [1.165, 1.54) is 4.31 Å². The fourth-order valence-corrected chi connectivity index (χ4v) is 3.81. The van der Waals surface area contributed by atoms with Crippen LogP contribution in [0.2, 0.25) is 0 Å². The van der Waals surface area contributed by atoms with Gasteiger partial charge in [-0.25, -0.2) is 13.4 Å². The molecule has 1 aromatic rings. The fraction of sp³-hybridized carbons (Fsp3) is 0.600. The summed E-state index contributed by atoms with van der Waals surface area (Å²) in [7, 11) is 0.434. The van der Waals surface area contributed by atoms with E-state index in [0.717, 1.165) is 30.5 Å². The van der Waals surface area contributed by atoms with Crippen LogP contribution in [0.5, 0.6) is 0 Å². The van der Waals surface area contributed by atoms with Crippen molar-refractivity contribution in [2.45, 2.75) is 31.8 Å². The molecule has 1 saturated heterocycles. The molecule has 1 aliphatic rings. The molecule has 2 rings (SSSR count). The number of carbonyl (C=O) groups is 1. The monoisotopic (exact) mass is 340 g/mol. The number of pyridine rings is 1. The SMILES string of the molecule is CN(C)c1cc(CNC(=O)C2CCCCN2S(C)(=O)=O)ccn1. The number of anilines is 1. The van der Waals surface area contributed by atoms with Crippen molar-refractivity contribution < 1.29 is 13.2 Å². The molecule has 2 heterocycles. The molecule has 1 aliphatic heterocycles. The van der Waals surface area contributed by atoms with Gasteiger partial charge >= 0.3 is 0 Å². The highest BCUT2D eigenvalue weighted by Crippen LogP contribution is 2.20. The van der Waals surface area contributed by atoms with Gasteiger partial charge in [0.1, 0.15) is 11.9 Å². The Hall–Kier alpha value is -1.67. The Kier molecular flexibility index (Phi) is 5.59. The number of carbonyl (C=O) groups excluding carboxylic acids is 1. The summed E-state index contributed by atoms with van der Waals surface area (Å²) in [5.74, 6) is 0.575. The first kappa shape index (κ1) is 17.7. The lowest BCUT2D eigenvalue weighted by molar-refractivity contribution is -0.125. The molecule has 0 radical (unpaired) electrons. The Bertz CT molecular complexity index is 660. The van der Waals surface area contributed by atoms with Crippen molar-refractivity contribution in [1.82, 2.24) is 14.6 Å². The number of piperidine rings is 1. The van der Waals surface area contributed by atoms with Crippen LogP contribution in [0.1, 0.15) is 24.8 Å². The molecule has 1 aromatic heterocycles. The second-order valence-electron chi connectivity index (χ2n) is 6.02. The van der Waals surface area contributed by atoms with Gasteiger partial charge in [-0.1, -0.05) is 6.42 Å². The molecule has 0 saturated carbocycles. The number of nitrogens with one attached hydrogen (secondary N) is 1. The van der Waals surface area contributed by atoms with Crippen LogP contribution < -0.4 is 10.2 Å². The van der Waals surface area contributed by atoms with Crippen molar-refractivity contribution in [3.8, 4) is 0 Å². The van der Waals surface area contributed by atoms with Crippen LogP contribution in [-0.2, 0) is 21.4 Å². The zero-order valence-corrected chi connectivity index (χ0v) is 14.6. The molecule has 23 heavy (non-hydrogen) atoms. The van der Waals surface area contributed by atoms with Crippen molar-refractivity contribution in [3.05, 3.63) is 23.9 Å². The fourth-order valence-electron chi connectivity index (χ4n) is 2.69. The Labute approximate surface area is 137 Å². The summed E-state index contributed by atoms with van der Waals surface area (Å²) in [5.41, 5.74) is 0.929. The lowest BCUT2D eigenvalue weighted by Crippen LogP contribution is -2.51. The smallest absolute Gasteiger partial charge is 0.238 e. The summed E-state index contributed by atoms with van der Waals surface area (Å²) in [4.78, 5) is 18.5. The third kappa shape index (κ3) is 4.65. The normalized spacial score (nSPS) is 19.3. The molecular formula is C15H24N4O3S. The van der Waals surface area contributed by atoms with E-state index < -0.39 is 16.1 Å². The lowest BCUT2D eigenvalue weighted by Gasteiger charge is -2.32. The van der Waals surface area contributed by atoms with E-state index >= 15 is 0 Å². The van der Waals surface area contributed by atoms with Gasteiger partial charge in [0.25, 0.3) is 0 Å². The number of hydrogen-bond acceptors (Lipinski definition) is 5. The second-order valence-corrected chi connectivity index (χ2v) is 7.95. The molecule has 1 fully saturated rings. The van der Waals surface area contributed by atoms with E-state index in [1.807, 2.05) is 31.1 Å². The van der Waals surface area contributed by atoms with Gasteiger partial charge in [0.05, 0.1) is 6.26 Å². The number of amides is 1. The molecular weight excluding hydrogens is 316 g/mol. The van der Waals surface area contributed by atoms with Crippen molar-refractivity contribution in [2.24, 2.45) is 0 Å². The summed E-state index contributed by atoms with van der Waals surface area (Å²) in [5, 5.41) is 2.85. The molecule has 0 aromatic carbocycles. The standard InChI is InChI=1S/C15H24N4O3S/c1-18(2)14-10-12(7-8-16-14)11-17-15(20)13-6-4-5-9-19(13)23(3,21)22/h7-8,10,13H,4-6,9,11H2,1-3H3,(H,17,20). The van der Waals surface area contributed by atoms with Crippen LogP contribution >= 0.6 is 0 Å². The number of rotatable bonds is 5. The maximum Gasteiger partial charge on any atom is 0.238 e. The molecule has 1 amide bonds. The average molecular weight is 340 g/mol. The van der Waals surface area contributed by atoms with Crippen LogP contribution in [0.3, 0.4) is 0 Å². The van der Waals surface area contributed by atoms with Crippen molar-refractivity contribution in [3.63, 3.8) is 0 Å². The van der Waals surface area contributed by atoms with E-state index in [1.54, 1.807) is 6.20 Å². The first-order valence-corrected chi connectivity index (χ1v) is 9.50. The third-order valence-corrected chi connectivity index (χ3v) is 5.21. The summed E-state index contributed by atoms with van der Waals surface area (Å²) in [6.45, 7) is 0.771. The van der Waals surface area contributed by atoms with Crippen LogP contribution in [-0.4, -0.2) is 56.6 Å². The van der Waals surface area contributed by atoms with E-state index in [-0.39, 0.29) is 5.91 Å². The summed E-state index contributed by atoms with van der Waals surface area (Å²) in [6.07, 6.45) is 5.08. The molecule has 0 aliphatic carbocycles.